The van der Waals surface area contributed by atoms with Crippen molar-refractivity contribution >= 4 is 11.9 Å². The van der Waals surface area contributed by atoms with Gasteiger partial charge in [-0.3, -0.25) is 4.90 Å². The van der Waals surface area contributed by atoms with Crippen molar-refractivity contribution < 1.29 is 19.0 Å². The molecule has 6 heteroatoms. The minimum atomic E-state index is -0.308. The van der Waals surface area contributed by atoms with Crippen molar-refractivity contribution in [2.45, 2.75) is 37.8 Å². The van der Waals surface area contributed by atoms with Crippen molar-refractivity contribution in [1.82, 2.24) is 10.2 Å². The maximum absolute atomic E-state index is 12.5. The lowest BCUT2D eigenvalue weighted by molar-refractivity contribution is -0.0342. The molecule has 27 heavy (non-hydrogen) atoms. The Bertz CT molecular complexity index is 755. The van der Waals surface area contributed by atoms with E-state index in [4.69, 9.17) is 14.2 Å². The minimum Gasteiger partial charge on any atom is -0.493 e. The highest BCUT2D eigenvalue weighted by molar-refractivity contribution is 5.69. The molecule has 1 aromatic rings. The van der Waals surface area contributed by atoms with E-state index in [-0.39, 0.29) is 18.2 Å². The number of carbonyl (C=O) groups is 1. The Morgan fingerprint density at radius 2 is 2.04 bits per heavy atom. The molecule has 6 rings (SSSR count). The van der Waals surface area contributed by atoms with Crippen LogP contribution >= 0.6 is 0 Å². The molecule has 5 heterocycles. The van der Waals surface area contributed by atoms with E-state index in [1.807, 2.05) is 18.2 Å². The van der Waals surface area contributed by atoms with E-state index >= 15 is 0 Å². The molecule has 6 nitrogen and oxygen atoms in total. The molecule has 5 aliphatic heterocycles. The number of amides is 1. The van der Waals surface area contributed by atoms with Crippen molar-refractivity contribution in [3.8, 4) is 5.75 Å². The van der Waals surface area contributed by atoms with Gasteiger partial charge in [-0.25, -0.2) is 4.79 Å². The number of nitrogens with zero attached hydrogens (tertiary/aromatic N) is 1. The quantitative estimate of drug-likeness (QED) is 0.886. The van der Waals surface area contributed by atoms with Gasteiger partial charge in [0.2, 0.25) is 0 Å². The Kier molecular flexibility index (Phi) is 4.44. The summed E-state index contributed by atoms with van der Waals surface area (Å²) in [4.78, 5) is 14.9. The average Bonchev–Trinajstić information content (AvgIpc) is 3.23. The van der Waals surface area contributed by atoms with Gasteiger partial charge in [0.1, 0.15) is 17.6 Å². The molecular weight excluding hydrogens is 344 g/mol. The van der Waals surface area contributed by atoms with Gasteiger partial charge in [-0.15, -0.1) is 0 Å². The number of fused-ring (bicyclic) bond motifs is 4. The molecule has 144 valence electrons. The third-order valence-corrected chi connectivity index (χ3v) is 6.19. The van der Waals surface area contributed by atoms with E-state index in [1.54, 1.807) is 0 Å². The molecule has 3 fully saturated rings. The SMILES string of the molecule is O=C(NC1CCOc2cc(C3=CCCO3)ccc21)O[C@H]1CN2CCC1CC2. The van der Waals surface area contributed by atoms with Gasteiger partial charge < -0.3 is 19.5 Å². The van der Waals surface area contributed by atoms with Gasteiger partial charge in [-0.05, 0) is 44.0 Å². The fourth-order valence-corrected chi connectivity index (χ4v) is 4.67. The monoisotopic (exact) mass is 370 g/mol. The zero-order chi connectivity index (χ0) is 18.2. The van der Waals surface area contributed by atoms with E-state index in [1.165, 1.54) is 0 Å². The third-order valence-electron chi connectivity index (χ3n) is 6.19. The summed E-state index contributed by atoms with van der Waals surface area (Å²) in [5.41, 5.74) is 2.04. The predicted molar refractivity (Wildman–Crippen MR) is 100 cm³/mol. The number of ether oxygens (including phenoxy) is 3. The van der Waals surface area contributed by atoms with Crippen LogP contribution in [0.1, 0.15) is 42.9 Å². The molecule has 1 aromatic carbocycles. The summed E-state index contributed by atoms with van der Waals surface area (Å²) in [6.07, 6.45) is 5.80. The van der Waals surface area contributed by atoms with Gasteiger partial charge in [0.15, 0.2) is 0 Å². The first kappa shape index (κ1) is 16.9. The summed E-state index contributed by atoms with van der Waals surface area (Å²) < 4.78 is 17.3. The number of nitrogens with one attached hydrogen (secondary N) is 1. The fraction of sp³-hybridized carbons (Fsp3) is 0.571. The Labute approximate surface area is 159 Å². The van der Waals surface area contributed by atoms with E-state index in [0.717, 1.165) is 74.6 Å². The molecule has 0 radical (unpaired) electrons. The summed E-state index contributed by atoms with van der Waals surface area (Å²) in [5, 5.41) is 3.07. The molecule has 0 aromatic heterocycles. The van der Waals surface area contributed by atoms with E-state index in [2.05, 4.69) is 16.3 Å². The maximum atomic E-state index is 12.5. The highest BCUT2D eigenvalue weighted by atomic mass is 16.6. The molecule has 0 spiro atoms. The van der Waals surface area contributed by atoms with Crippen molar-refractivity contribution in [2.75, 3.05) is 32.8 Å². The Balaban J connectivity index is 1.26. The van der Waals surface area contributed by atoms with Crippen LogP contribution in [0.4, 0.5) is 4.79 Å². The van der Waals surface area contributed by atoms with Crippen LogP contribution in [0.3, 0.4) is 0 Å². The van der Waals surface area contributed by atoms with Gasteiger partial charge in [0.25, 0.3) is 0 Å². The largest absolute Gasteiger partial charge is 0.493 e. The lowest BCUT2D eigenvalue weighted by atomic mass is 9.86. The van der Waals surface area contributed by atoms with Gasteiger partial charge in [-0.1, -0.05) is 12.1 Å². The number of benzene rings is 1. The molecular formula is C21H26N2O4. The van der Waals surface area contributed by atoms with E-state index in [9.17, 15) is 4.79 Å². The van der Waals surface area contributed by atoms with Crippen LogP contribution in [0.5, 0.6) is 5.75 Å². The fourth-order valence-electron chi connectivity index (χ4n) is 4.67. The molecule has 3 saturated heterocycles. The molecule has 5 aliphatic rings. The van der Waals surface area contributed by atoms with Crippen LogP contribution in [0.15, 0.2) is 24.3 Å². The number of hydrogen-bond acceptors (Lipinski definition) is 5. The van der Waals surface area contributed by atoms with Crippen LogP contribution in [0.2, 0.25) is 0 Å². The Morgan fingerprint density at radius 1 is 1.15 bits per heavy atom. The summed E-state index contributed by atoms with van der Waals surface area (Å²) >= 11 is 0. The summed E-state index contributed by atoms with van der Waals surface area (Å²) in [5.74, 6) is 2.26. The first-order valence-corrected chi connectivity index (χ1v) is 10.1. The molecule has 1 unspecified atom stereocenters. The first-order chi connectivity index (χ1) is 13.3. The van der Waals surface area contributed by atoms with Crippen LogP contribution in [-0.2, 0) is 9.47 Å². The Morgan fingerprint density at radius 3 is 2.78 bits per heavy atom. The second-order valence-corrected chi connectivity index (χ2v) is 7.87. The van der Waals surface area contributed by atoms with Crippen LogP contribution in [0, 0.1) is 5.92 Å². The third kappa shape index (κ3) is 3.38. The number of hydrogen-bond donors (Lipinski definition) is 1. The topological polar surface area (TPSA) is 60.0 Å². The van der Waals surface area contributed by atoms with Gasteiger partial charge in [0.05, 0.1) is 19.3 Å². The van der Waals surface area contributed by atoms with Crippen molar-refractivity contribution in [3.05, 3.63) is 35.4 Å². The smallest absolute Gasteiger partial charge is 0.407 e. The first-order valence-electron chi connectivity index (χ1n) is 10.1. The normalized spacial score (nSPS) is 31.3. The molecule has 0 saturated carbocycles. The molecule has 0 aliphatic carbocycles. The average molecular weight is 370 g/mol. The highest BCUT2D eigenvalue weighted by Crippen LogP contribution is 2.36. The summed E-state index contributed by atoms with van der Waals surface area (Å²) in [6.45, 7) is 4.48. The van der Waals surface area contributed by atoms with Gasteiger partial charge in [-0.2, -0.15) is 0 Å². The van der Waals surface area contributed by atoms with Crippen LogP contribution < -0.4 is 10.1 Å². The maximum Gasteiger partial charge on any atom is 0.407 e. The lowest BCUT2D eigenvalue weighted by Crippen LogP contribution is -2.52. The predicted octanol–water partition coefficient (Wildman–Crippen LogP) is 3.09. The Hall–Kier alpha value is -2.21. The van der Waals surface area contributed by atoms with Crippen LogP contribution in [0.25, 0.3) is 5.76 Å². The number of piperidine rings is 3. The highest BCUT2D eigenvalue weighted by Gasteiger charge is 2.37. The van der Waals surface area contributed by atoms with Crippen molar-refractivity contribution in [1.29, 1.82) is 0 Å². The molecule has 2 atom stereocenters. The standard InChI is InChI=1S/C21H26N2O4/c24-21(27-20-13-23-8-5-14(20)6-9-23)22-17-7-11-26-19-12-15(3-4-16(17)19)18-2-1-10-25-18/h2-4,12,14,17,20H,1,5-11,13H2,(H,22,24)/t17?,20-/m0/s1. The minimum absolute atomic E-state index is 0.0284. The zero-order valence-electron chi connectivity index (χ0n) is 15.5. The number of rotatable bonds is 3. The van der Waals surface area contributed by atoms with E-state index in [0.29, 0.717) is 12.5 Å². The van der Waals surface area contributed by atoms with Crippen LogP contribution in [-0.4, -0.2) is 49.9 Å². The molecule has 2 bridgehead atoms. The van der Waals surface area contributed by atoms with Gasteiger partial charge >= 0.3 is 6.09 Å². The van der Waals surface area contributed by atoms with Crippen molar-refractivity contribution in [3.63, 3.8) is 0 Å². The van der Waals surface area contributed by atoms with E-state index < -0.39 is 0 Å². The molecule has 1 N–H and O–H groups in total. The second kappa shape index (κ2) is 7.08. The number of alkyl carbamates (subject to hydrolysis) is 1. The number of carbonyl (C=O) groups excluding carboxylic acids is 1. The summed E-state index contributed by atoms with van der Waals surface area (Å²) in [6, 6.07) is 6.01. The summed E-state index contributed by atoms with van der Waals surface area (Å²) in [7, 11) is 0. The van der Waals surface area contributed by atoms with Crippen molar-refractivity contribution in [2.24, 2.45) is 5.92 Å². The van der Waals surface area contributed by atoms with Gasteiger partial charge in [0, 0.05) is 30.5 Å². The zero-order valence-corrected chi connectivity index (χ0v) is 15.5. The lowest BCUT2D eigenvalue weighted by Gasteiger charge is -2.44. The second-order valence-electron chi connectivity index (χ2n) is 7.87. The molecule has 1 amide bonds.